The van der Waals surface area contributed by atoms with E-state index in [1.165, 1.54) is 22.3 Å². The largest absolute Gasteiger partial charge is 0.456 e. The molecule has 7 aromatic carbocycles. The van der Waals surface area contributed by atoms with Gasteiger partial charge < -0.3 is 13.7 Å². The molecule has 4 heteroatoms. The lowest BCUT2D eigenvalue weighted by atomic mass is 9.87. The minimum Gasteiger partial charge on any atom is -0.456 e. The van der Waals surface area contributed by atoms with Crippen molar-refractivity contribution in [1.82, 2.24) is 4.98 Å². The molecule has 0 bridgehead atoms. The highest BCUT2D eigenvalue weighted by Crippen LogP contribution is 2.46. The van der Waals surface area contributed by atoms with Crippen LogP contribution in [-0.2, 0) is 0 Å². The fourth-order valence-corrected chi connectivity index (χ4v) is 7.64. The van der Waals surface area contributed by atoms with Gasteiger partial charge in [0.25, 0.3) is 0 Å². The SMILES string of the molecule is C1=CC(c2ccccc2)CC=C1c1ccccc1N(c1ccc(-c2ccccc2)cc1)c1cccc2oc3cc4nc(-c5ccccc5)oc4cc3c12. The van der Waals surface area contributed by atoms with Crippen LogP contribution < -0.4 is 4.90 Å². The summed E-state index contributed by atoms with van der Waals surface area (Å²) in [5, 5.41) is 1.99. The summed E-state index contributed by atoms with van der Waals surface area (Å²) in [5.41, 5.74) is 13.2. The number of allylic oxidation sites excluding steroid dienone is 4. The van der Waals surface area contributed by atoms with Crippen molar-refractivity contribution in [2.45, 2.75) is 12.3 Å². The van der Waals surface area contributed by atoms with Crippen LogP contribution in [0.1, 0.15) is 23.5 Å². The summed E-state index contributed by atoms with van der Waals surface area (Å²) >= 11 is 0. The first-order chi connectivity index (χ1) is 26.3. The second-order valence-corrected chi connectivity index (χ2v) is 13.5. The van der Waals surface area contributed by atoms with E-state index in [1.807, 2.05) is 42.5 Å². The van der Waals surface area contributed by atoms with Gasteiger partial charge in [0.15, 0.2) is 5.58 Å². The molecule has 0 saturated carbocycles. The van der Waals surface area contributed by atoms with Crippen LogP contribution in [0.4, 0.5) is 17.1 Å². The van der Waals surface area contributed by atoms with Gasteiger partial charge in [0, 0.05) is 34.2 Å². The lowest BCUT2D eigenvalue weighted by Crippen LogP contribution is -2.12. The van der Waals surface area contributed by atoms with Gasteiger partial charge in [-0.2, -0.15) is 0 Å². The third-order valence-electron chi connectivity index (χ3n) is 10.3. The zero-order valence-corrected chi connectivity index (χ0v) is 28.9. The van der Waals surface area contributed by atoms with Crippen molar-refractivity contribution in [2.24, 2.45) is 0 Å². The van der Waals surface area contributed by atoms with Gasteiger partial charge in [-0.1, -0.05) is 133 Å². The molecular formula is C49H34N2O2. The fourth-order valence-electron chi connectivity index (χ4n) is 7.64. The van der Waals surface area contributed by atoms with E-state index in [9.17, 15) is 0 Å². The van der Waals surface area contributed by atoms with Crippen LogP contribution in [0.2, 0.25) is 0 Å². The van der Waals surface area contributed by atoms with Crippen LogP contribution in [-0.4, -0.2) is 4.98 Å². The Morgan fingerprint density at radius 2 is 1.23 bits per heavy atom. The van der Waals surface area contributed by atoms with Crippen molar-refractivity contribution in [1.29, 1.82) is 0 Å². The maximum Gasteiger partial charge on any atom is 0.227 e. The molecule has 0 fully saturated rings. The molecule has 0 amide bonds. The summed E-state index contributed by atoms with van der Waals surface area (Å²) in [7, 11) is 0. The van der Waals surface area contributed by atoms with Crippen LogP contribution >= 0.6 is 0 Å². The molecule has 2 heterocycles. The molecule has 4 nitrogen and oxygen atoms in total. The number of fused-ring (bicyclic) bond motifs is 4. The number of anilines is 3. The maximum atomic E-state index is 6.58. The lowest BCUT2D eigenvalue weighted by molar-refractivity contribution is 0.620. The summed E-state index contributed by atoms with van der Waals surface area (Å²) in [6.07, 6.45) is 7.95. The summed E-state index contributed by atoms with van der Waals surface area (Å²) in [5.74, 6) is 0.949. The van der Waals surface area contributed by atoms with Gasteiger partial charge in [-0.25, -0.2) is 4.98 Å². The Kier molecular flexibility index (Phi) is 7.58. The molecule has 10 rings (SSSR count). The highest BCUT2D eigenvalue weighted by Gasteiger charge is 2.24. The summed E-state index contributed by atoms with van der Waals surface area (Å²) in [6, 6.07) is 59.2. The summed E-state index contributed by atoms with van der Waals surface area (Å²) < 4.78 is 12.9. The average molecular weight is 683 g/mol. The van der Waals surface area contributed by atoms with E-state index in [2.05, 4.69) is 151 Å². The van der Waals surface area contributed by atoms with Crippen molar-refractivity contribution in [3.63, 3.8) is 0 Å². The maximum absolute atomic E-state index is 6.58. The molecule has 2 aromatic heterocycles. The van der Waals surface area contributed by atoms with Gasteiger partial charge in [-0.3, -0.25) is 0 Å². The van der Waals surface area contributed by atoms with E-state index in [0.29, 0.717) is 11.8 Å². The van der Waals surface area contributed by atoms with E-state index in [-0.39, 0.29) is 0 Å². The molecule has 9 aromatic rings. The molecule has 252 valence electrons. The molecule has 1 unspecified atom stereocenters. The number of hydrogen-bond donors (Lipinski definition) is 0. The Bertz CT molecular complexity index is 2790. The van der Waals surface area contributed by atoms with Crippen LogP contribution in [0.3, 0.4) is 0 Å². The highest BCUT2D eigenvalue weighted by molar-refractivity contribution is 6.16. The first kappa shape index (κ1) is 30.9. The van der Waals surface area contributed by atoms with Gasteiger partial charge in [0.1, 0.15) is 16.7 Å². The number of nitrogens with zero attached hydrogens (tertiary/aromatic N) is 2. The summed E-state index contributed by atoms with van der Waals surface area (Å²) in [4.78, 5) is 7.20. The number of oxazole rings is 1. The molecule has 1 aliphatic rings. The second kappa shape index (κ2) is 13.0. The van der Waals surface area contributed by atoms with E-state index in [0.717, 1.165) is 67.6 Å². The Hall–Kier alpha value is -6.91. The zero-order chi connectivity index (χ0) is 35.1. The lowest BCUT2D eigenvalue weighted by Gasteiger charge is -2.29. The number of furan rings is 1. The van der Waals surface area contributed by atoms with Crippen molar-refractivity contribution >= 4 is 55.7 Å². The summed E-state index contributed by atoms with van der Waals surface area (Å²) in [6.45, 7) is 0. The number of rotatable bonds is 7. The standard InChI is InChI=1S/C49H34N2O2/c1-4-13-33(14-5-1)35-23-25-37(26-24-35)40-19-10-11-20-43(40)51(39-29-27-36(28-30-39)34-15-6-2-7-16-34)44-21-12-22-45-48(44)41-31-47-42(32-46(41)52-45)50-49(53-47)38-17-8-3-9-18-38/h1-23,25-32,35H,24H2. The van der Waals surface area contributed by atoms with E-state index in [4.69, 9.17) is 13.8 Å². The number of para-hydroxylation sites is 1. The normalized spacial score (nSPS) is 14.2. The molecule has 1 aliphatic carbocycles. The van der Waals surface area contributed by atoms with Gasteiger partial charge >= 0.3 is 0 Å². The van der Waals surface area contributed by atoms with Gasteiger partial charge in [-0.05, 0) is 77.2 Å². The Labute approximate surface area is 307 Å². The molecular weight excluding hydrogens is 649 g/mol. The van der Waals surface area contributed by atoms with Crippen LogP contribution in [0.25, 0.3) is 61.2 Å². The van der Waals surface area contributed by atoms with Crippen molar-refractivity contribution in [2.75, 3.05) is 4.90 Å². The number of aromatic nitrogens is 1. The number of hydrogen-bond acceptors (Lipinski definition) is 4. The third kappa shape index (κ3) is 5.62. The first-order valence-electron chi connectivity index (χ1n) is 18.1. The number of benzene rings is 7. The minimum absolute atomic E-state index is 0.357. The predicted octanol–water partition coefficient (Wildman–Crippen LogP) is 13.7. The first-order valence-corrected chi connectivity index (χ1v) is 18.1. The smallest absolute Gasteiger partial charge is 0.227 e. The second-order valence-electron chi connectivity index (χ2n) is 13.5. The molecule has 0 saturated heterocycles. The molecule has 0 spiro atoms. The van der Waals surface area contributed by atoms with Crippen molar-refractivity contribution in [3.8, 4) is 22.6 Å². The van der Waals surface area contributed by atoms with Gasteiger partial charge in [0.2, 0.25) is 5.89 Å². The molecule has 0 aliphatic heterocycles. The predicted molar refractivity (Wildman–Crippen MR) is 218 cm³/mol. The highest BCUT2D eigenvalue weighted by atomic mass is 16.4. The Balaban J connectivity index is 1.14. The molecule has 1 atom stereocenters. The Morgan fingerprint density at radius 1 is 0.547 bits per heavy atom. The van der Waals surface area contributed by atoms with Crippen molar-refractivity contribution in [3.05, 3.63) is 199 Å². The average Bonchev–Trinajstić information content (AvgIpc) is 3.82. The van der Waals surface area contributed by atoms with Gasteiger partial charge in [-0.15, -0.1) is 0 Å². The van der Waals surface area contributed by atoms with Crippen molar-refractivity contribution < 1.29 is 8.83 Å². The van der Waals surface area contributed by atoms with E-state index in [1.54, 1.807) is 0 Å². The zero-order valence-electron chi connectivity index (χ0n) is 28.9. The van der Waals surface area contributed by atoms with Crippen LogP contribution in [0.15, 0.2) is 197 Å². The molecule has 53 heavy (non-hydrogen) atoms. The molecule has 0 N–H and O–H groups in total. The third-order valence-corrected chi connectivity index (χ3v) is 10.3. The molecule has 0 radical (unpaired) electrons. The van der Waals surface area contributed by atoms with Gasteiger partial charge in [0.05, 0.1) is 16.8 Å². The fraction of sp³-hybridized carbons (Fsp3) is 0.0408. The minimum atomic E-state index is 0.357. The van der Waals surface area contributed by atoms with Crippen LogP contribution in [0.5, 0.6) is 0 Å². The monoisotopic (exact) mass is 682 g/mol. The van der Waals surface area contributed by atoms with Crippen LogP contribution in [0, 0.1) is 0 Å². The topological polar surface area (TPSA) is 42.4 Å². The van der Waals surface area contributed by atoms with E-state index >= 15 is 0 Å². The Morgan fingerprint density at radius 3 is 1.98 bits per heavy atom. The quantitative estimate of drug-likeness (QED) is 0.168. The van der Waals surface area contributed by atoms with E-state index < -0.39 is 0 Å².